The number of pyridine rings is 1. The summed E-state index contributed by atoms with van der Waals surface area (Å²) < 4.78 is 11.1. The Balaban J connectivity index is 2.03. The second-order valence-electron chi connectivity index (χ2n) is 6.77. The predicted octanol–water partition coefficient (Wildman–Crippen LogP) is 2.92. The van der Waals surface area contributed by atoms with Gasteiger partial charge in [-0.25, -0.2) is 0 Å². The van der Waals surface area contributed by atoms with E-state index in [0.29, 0.717) is 36.2 Å². The van der Waals surface area contributed by atoms with E-state index in [2.05, 4.69) is 38.0 Å². The van der Waals surface area contributed by atoms with Crippen LogP contribution in [0.15, 0.2) is 12.1 Å². The highest BCUT2D eigenvalue weighted by Gasteiger charge is 2.48. The summed E-state index contributed by atoms with van der Waals surface area (Å²) in [5.41, 5.74) is 6.58. The van der Waals surface area contributed by atoms with Crippen molar-refractivity contribution in [1.82, 2.24) is 4.98 Å². The van der Waals surface area contributed by atoms with Crippen LogP contribution >= 0.6 is 0 Å². The molecule has 118 valence electrons. The zero-order chi connectivity index (χ0) is 15.6. The topological polar surface area (TPSA) is 69.4 Å². The number of nitrogen functional groups attached to an aromatic ring is 1. The SMILES string of the molecule is COC1CC(Nc2ccc(N)c(OCC(C)C)n2)C1(C)C. The zero-order valence-corrected chi connectivity index (χ0v) is 13.6. The molecule has 1 aliphatic carbocycles. The Kier molecular flexibility index (Phi) is 4.61. The van der Waals surface area contributed by atoms with E-state index in [9.17, 15) is 0 Å². The van der Waals surface area contributed by atoms with Crippen molar-refractivity contribution in [3.63, 3.8) is 0 Å². The van der Waals surface area contributed by atoms with Crippen LogP contribution in [-0.4, -0.2) is 30.8 Å². The molecule has 0 spiro atoms. The van der Waals surface area contributed by atoms with Crippen LogP contribution in [0.1, 0.15) is 34.1 Å². The highest BCUT2D eigenvalue weighted by atomic mass is 16.5. The number of hydrogen-bond acceptors (Lipinski definition) is 5. The van der Waals surface area contributed by atoms with Crippen LogP contribution < -0.4 is 15.8 Å². The minimum Gasteiger partial charge on any atom is -0.476 e. The molecule has 0 aliphatic heterocycles. The van der Waals surface area contributed by atoms with Crippen LogP contribution in [0.2, 0.25) is 0 Å². The third-order valence-corrected chi connectivity index (χ3v) is 4.23. The number of ether oxygens (including phenoxy) is 2. The van der Waals surface area contributed by atoms with Crippen molar-refractivity contribution in [1.29, 1.82) is 0 Å². The molecule has 1 saturated carbocycles. The molecule has 0 saturated heterocycles. The predicted molar refractivity (Wildman–Crippen MR) is 85.6 cm³/mol. The smallest absolute Gasteiger partial charge is 0.239 e. The Morgan fingerprint density at radius 1 is 1.43 bits per heavy atom. The van der Waals surface area contributed by atoms with Crippen LogP contribution in [0.5, 0.6) is 5.88 Å². The Morgan fingerprint density at radius 2 is 2.14 bits per heavy atom. The maximum atomic E-state index is 5.91. The van der Waals surface area contributed by atoms with Gasteiger partial charge in [0.25, 0.3) is 0 Å². The molecule has 2 unspecified atom stereocenters. The second-order valence-corrected chi connectivity index (χ2v) is 6.77. The number of rotatable bonds is 6. The average Bonchev–Trinajstić information content (AvgIpc) is 2.42. The molecular weight excluding hydrogens is 266 g/mol. The van der Waals surface area contributed by atoms with Crippen LogP contribution in [0.25, 0.3) is 0 Å². The zero-order valence-electron chi connectivity index (χ0n) is 13.6. The first-order chi connectivity index (χ1) is 9.84. The van der Waals surface area contributed by atoms with Gasteiger partial charge in [0.1, 0.15) is 5.82 Å². The van der Waals surface area contributed by atoms with Gasteiger partial charge in [-0.15, -0.1) is 0 Å². The molecule has 2 atom stereocenters. The van der Waals surface area contributed by atoms with Gasteiger partial charge in [-0.1, -0.05) is 27.7 Å². The van der Waals surface area contributed by atoms with Crippen LogP contribution in [-0.2, 0) is 4.74 Å². The molecule has 1 aromatic rings. The Labute approximate surface area is 127 Å². The molecule has 5 heteroatoms. The molecule has 0 amide bonds. The van der Waals surface area contributed by atoms with Gasteiger partial charge >= 0.3 is 0 Å². The molecule has 0 radical (unpaired) electrons. The summed E-state index contributed by atoms with van der Waals surface area (Å²) in [6.45, 7) is 9.22. The molecule has 21 heavy (non-hydrogen) atoms. The van der Waals surface area contributed by atoms with Crippen molar-refractivity contribution in [2.24, 2.45) is 11.3 Å². The number of methoxy groups -OCH3 is 1. The van der Waals surface area contributed by atoms with Crippen molar-refractivity contribution in [2.45, 2.75) is 46.3 Å². The first-order valence-corrected chi connectivity index (χ1v) is 7.53. The monoisotopic (exact) mass is 293 g/mol. The number of nitrogens with zero attached hydrogens (tertiary/aromatic N) is 1. The summed E-state index contributed by atoms with van der Waals surface area (Å²) in [5.74, 6) is 1.75. The summed E-state index contributed by atoms with van der Waals surface area (Å²) >= 11 is 0. The summed E-state index contributed by atoms with van der Waals surface area (Å²) in [7, 11) is 1.77. The first kappa shape index (κ1) is 15.9. The normalized spacial score (nSPS) is 23.7. The average molecular weight is 293 g/mol. The Morgan fingerprint density at radius 3 is 2.71 bits per heavy atom. The van der Waals surface area contributed by atoms with Gasteiger partial charge in [0, 0.05) is 18.6 Å². The Bertz CT molecular complexity index is 488. The van der Waals surface area contributed by atoms with Crippen molar-refractivity contribution < 1.29 is 9.47 Å². The molecule has 1 heterocycles. The van der Waals surface area contributed by atoms with Gasteiger partial charge < -0.3 is 20.5 Å². The van der Waals surface area contributed by atoms with E-state index >= 15 is 0 Å². The molecular formula is C16H27N3O2. The lowest BCUT2D eigenvalue weighted by atomic mass is 9.64. The van der Waals surface area contributed by atoms with E-state index in [1.807, 2.05) is 12.1 Å². The summed E-state index contributed by atoms with van der Waals surface area (Å²) in [5, 5.41) is 3.46. The highest BCUT2D eigenvalue weighted by molar-refractivity contribution is 5.54. The van der Waals surface area contributed by atoms with Crippen molar-refractivity contribution in [3.05, 3.63) is 12.1 Å². The van der Waals surface area contributed by atoms with Crippen LogP contribution in [0, 0.1) is 11.3 Å². The molecule has 0 aromatic carbocycles. The number of nitrogens with two attached hydrogens (primary N) is 1. The van der Waals surface area contributed by atoms with Gasteiger partial charge in [-0.05, 0) is 24.5 Å². The molecule has 1 aliphatic rings. The van der Waals surface area contributed by atoms with E-state index in [1.54, 1.807) is 7.11 Å². The number of hydrogen-bond donors (Lipinski definition) is 2. The van der Waals surface area contributed by atoms with Crippen molar-refractivity contribution in [3.8, 4) is 5.88 Å². The summed E-state index contributed by atoms with van der Waals surface area (Å²) in [4.78, 5) is 4.48. The summed E-state index contributed by atoms with van der Waals surface area (Å²) in [6, 6.07) is 4.08. The maximum Gasteiger partial charge on any atom is 0.239 e. The molecule has 0 bridgehead atoms. The third kappa shape index (κ3) is 3.40. The van der Waals surface area contributed by atoms with Gasteiger partial charge in [0.2, 0.25) is 5.88 Å². The standard InChI is InChI=1S/C16H27N3O2/c1-10(2)9-21-15-11(17)6-7-14(19-15)18-12-8-13(20-5)16(12,3)4/h6-7,10,12-13H,8-9,17H2,1-5H3,(H,18,19). The number of aromatic nitrogens is 1. The lowest BCUT2D eigenvalue weighted by Crippen LogP contribution is -2.57. The highest BCUT2D eigenvalue weighted by Crippen LogP contribution is 2.44. The fraction of sp³-hybridized carbons (Fsp3) is 0.688. The second kappa shape index (κ2) is 6.10. The fourth-order valence-corrected chi connectivity index (χ4v) is 2.60. The van der Waals surface area contributed by atoms with E-state index < -0.39 is 0 Å². The Hall–Kier alpha value is -1.49. The van der Waals surface area contributed by atoms with Crippen molar-refractivity contribution >= 4 is 11.5 Å². The van der Waals surface area contributed by atoms with Crippen LogP contribution in [0.4, 0.5) is 11.5 Å². The number of anilines is 2. The largest absolute Gasteiger partial charge is 0.476 e. The minimum absolute atomic E-state index is 0.0940. The van der Waals surface area contributed by atoms with Crippen LogP contribution in [0.3, 0.4) is 0 Å². The van der Waals surface area contributed by atoms with E-state index in [-0.39, 0.29) is 5.41 Å². The van der Waals surface area contributed by atoms with Gasteiger partial charge in [0.15, 0.2) is 0 Å². The first-order valence-electron chi connectivity index (χ1n) is 7.53. The number of nitrogens with one attached hydrogen (secondary N) is 1. The van der Waals surface area contributed by atoms with E-state index in [4.69, 9.17) is 15.2 Å². The molecule has 1 aromatic heterocycles. The lowest BCUT2D eigenvalue weighted by Gasteiger charge is -2.51. The minimum atomic E-state index is 0.0940. The summed E-state index contributed by atoms with van der Waals surface area (Å²) in [6.07, 6.45) is 1.28. The van der Waals surface area contributed by atoms with Gasteiger partial charge in [-0.2, -0.15) is 4.98 Å². The molecule has 5 nitrogen and oxygen atoms in total. The van der Waals surface area contributed by atoms with Gasteiger partial charge in [0.05, 0.1) is 18.4 Å². The quantitative estimate of drug-likeness (QED) is 0.844. The van der Waals surface area contributed by atoms with Crippen molar-refractivity contribution in [2.75, 3.05) is 24.8 Å². The lowest BCUT2D eigenvalue weighted by molar-refractivity contribution is -0.0795. The van der Waals surface area contributed by atoms with Gasteiger partial charge in [-0.3, -0.25) is 0 Å². The fourth-order valence-electron chi connectivity index (χ4n) is 2.60. The molecule has 1 fully saturated rings. The molecule has 2 rings (SSSR count). The van der Waals surface area contributed by atoms with E-state index in [0.717, 1.165) is 12.2 Å². The van der Waals surface area contributed by atoms with E-state index in [1.165, 1.54) is 0 Å². The molecule has 3 N–H and O–H groups in total. The third-order valence-electron chi connectivity index (χ3n) is 4.23. The maximum absolute atomic E-state index is 5.91.